The molecule has 56 valence electrons. The Morgan fingerprint density at radius 1 is 1.30 bits per heavy atom. The Bertz CT molecular complexity index is 187. The zero-order chi connectivity index (χ0) is 8.15. The molecule has 0 rings (SSSR count). The van der Waals surface area contributed by atoms with E-state index in [0.29, 0.717) is 5.71 Å². The van der Waals surface area contributed by atoms with Gasteiger partial charge in [0, 0.05) is 17.6 Å². The Labute approximate surface area is 62.2 Å². The zero-order valence-corrected chi connectivity index (χ0v) is 7.02. The largest absolute Gasteiger partial charge is 0.305 e. The van der Waals surface area contributed by atoms with Gasteiger partial charge < -0.3 is 5.41 Å². The minimum Gasteiger partial charge on any atom is -0.305 e. The molecule has 0 aromatic rings. The topological polar surface area (TPSA) is 36.2 Å². The van der Waals surface area contributed by atoms with Gasteiger partial charge in [-0.25, -0.2) is 0 Å². The van der Waals surface area contributed by atoms with E-state index in [0.717, 1.165) is 11.3 Å². The number of rotatable bonds is 2. The van der Waals surface area contributed by atoms with E-state index in [9.17, 15) is 0 Å². The number of hydrogen-bond acceptors (Lipinski definition) is 2. The number of aliphatic imine (C=N–C) groups is 1. The second kappa shape index (κ2) is 3.99. The van der Waals surface area contributed by atoms with E-state index < -0.39 is 0 Å². The van der Waals surface area contributed by atoms with Crippen molar-refractivity contribution in [1.29, 1.82) is 5.41 Å². The summed E-state index contributed by atoms with van der Waals surface area (Å²) in [6.07, 6.45) is 1.74. The molecule has 0 aliphatic rings. The molecule has 0 heterocycles. The quantitative estimate of drug-likeness (QED) is 0.569. The van der Waals surface area contributed by atoms with Gasteiger partial charge in [-0.1, -0.05) is 0 Å². The first kappa shape index (κ1) is 9.08. The zero-order valence-electron chi connectivity index (χ0n) is 7.02. The van der Waals surface area contributed by atoms with Crippen LogP contribution in [-0.4, -0.2) is 11.9 Å². The molecule has 0 spiro atoms. The van der Waals surface area contributed by atoms with Gasteiger partial charge in [0.15, 0.2) is 0 Å². The SMILES string of the molecule is CC=N/C(C)=C(/C)C(C)=N. The Morgan fingerprint density at radius 2 is 1.80 bits per heavy atom. The Hall–Kier alpha value is -0.920. The lowest BCUT2D eigenvalue weighted by molar-refractivity contribution is 1.24. The highest BCUT2D eigenvalue weighted by Gasteiger charge is 1.94. The average molecular weight is 138 g/mol. The molecular formula is C8H14N2. The Balaban J connectivity index is 4.50. The van der Waals surface area contributed by atoms with Crippen molar-refractivity contribution in [3.05, 3.63) is 11.3 Å². The molecule has 0 bridgehead atoms. The van der Waals surface area contributed by atoms with Crippen LogP contribution in [0.4, 0.5) is 0 Å². The van der Waals surface area contributed by atoms with Crippen LogP contribution in [0.5, 0.6) is 0 Å². The van der Waals surface area contributed by atoms with Gasteiger partial charge in [0.25, 0.3) is 0 Å². The molecule has 0 aliphatic heterocycles. The number of hydrogen-bond donors (Lipinski definition) is 1. The fourth-order valence-corrected chi connectivity index (χ4v) is 0.562. The van der Waals surface area contributed by atoms with Crippen LogP contribution >= 0.6 is 0 Å². The summed E-state index contributed by atoms with van der Waals surface area (Å²) in [6.45, 7) is 7.46. The maximum Gasteiger partial charge on any atom is 0.0415 e. The van der Waals surface area contributed by atoms with Crippen molar-refractivity contribution in [2.24, 2.45) is 4.99 Å². The molecule has 0 unspecified atom stereocenters. The first-order chi connectivity index (χ1) is 4.59. The van der Waals surface area contributed by atoms with Gasteiger partial charge in [0.2, 0.25) is 0 Å². The molecule has 2 heteroatoms. The standard InChI is InChI=1S/C8H14N2/c1-5-10-8(4)6(2)7(3)9/h5,9H,1-4H3/b8-6-,9-7?,10-5?. The maximum atomic E-state index is 7.28. The van der Waals surface area contributed by atoms with Crippen LogP contribution in [0.1, 0.15) is 27.7 Å². The molecule has 0 radical (unpaired) electrons. The van der Waals surface area contributed by atoms with Gasteiger partial charge in [0.1, 0.15) is 0 Å². The predicted molar refractivity (Wildman–Crippen MR) is 45.9 cm³/mol. The van der Waals surface area contributed by atoms with Gasteiger partial charge in [0.05, 0.1) is 0 Å². The summed E-state index contributed by atoms with van der Waals surface area (Å²) in [5, 5.41) is 7.28. The summed E-state index contributed by atoms with van der Waals surface area (Å²) in [5.41, 5.74) is 2.47. The molecule has 0 aromatic heterocycles. The summed E-state index contributed by atoms with van der Waals surface area (Å²) >= 11 is 0. The summed E-state index contributed by atoms with van der Waals surface area (Å²) < 4.78 is 0. The van der Waals surface area contributed by atoms with Crippen LogP contribution < -0.4 is 0 Å². The molecule has 0 amide bonds. The minimum absolute atomic E-state index is 0.586. The first-order valence-corrected chi connectivity index (χ1v) is 3.31. The third kappa shape index (κ3) is 2.58. The molecule has 0 saturated carbocycles. The molecule has 0 aliphatic carbocycles. The third-order valence-corrected chi connectivity index (χ3v) is 1.43. The van der Waals surface area contributed by atoms with Crippen molar-refractivity contribution in [1.82, 2.24) is 0 Å². The van der Waals surface area contributed by atoms with E-state index in [2.05, 4.69) is 4.99 Å². The first-order valence-electron chi connectivity index (χ1n) is 3.31. The van der Waals surface area contributed by atoms with Crippen molar-refractivity contribution in [2.45, 2.75) is 27.7 Å². The maximum absolute atomic E-state index is 7.28. The van der Waals surface area contributed by atoms with Crippen LogP contribution in [0.25, 0.3) is 0 Å². The second-order valence-corrected chi connectivity index (χ2v) is 2.22. The number of nitrogens with one attached hydrogen (secondary N) is 1. The second-order valence-electron chi connectivity index (χ2n) is 2.22. The van der Waals surface area contributed by atoms with Crippen molar-refractivity contribution in [3.63, 3.8) is 0 Å². The van der Waals surface area contributed by atoms with Crippen molar-refractivity contribution in [2.75, 3.05) is 0 Å². The normalized spacial score (nSPS) is 13.6. The van der Waals surface area contributed by atoms with Crippen molar-refractivity contribution >= 4 is 11.9 Å². The lowest BCUT2D eigenvalue weighted by Crippen LogP contribution is -1.92. The van der Waals surface area contributed by atoms with Crippen LogP contribution in [0.15, 0.2) is 16.3 Å². The summed E-state index contributed by atoms with van der Waals surface area (Å²) in [4.78, 5) is 4.06. The highest BCUT2D eigenvalue weighted by Crippen LogP contribution is 2.04. The highest BCUT2D eigenvalue weighted by atomic mass is 14.7. The Kier molecular flexibility index (Phi) is 3.62. The van der Waals surface area contributed by atoms with Crippen molar-refractivity contribution in [3.8, 4) is 0 Å². The van der Waals surface area contributed by atoms with Crippen LogP contribution in [0, 0.1) is 5.41 Å². The van der Waals surface area contributed by atoms with E-state index in [1.807, 2.05) is 20.8 Å². The highest BCUT2D eigenvalue weighted by molar-refractivity contribution is 5.95. The van der Waals surface area contributed by atoms with Gasteiger partial charge in [-0.05, 0) is 33.3 Å². The number of allylic oxidation sites excluding steroid dienone is 2. The number of nitrogens with zero attached hydrogens (tertiary/aromatic N) is 1. The summed E-state index contributed by atoms with van der Waals surface area (Å²) in [6, 6.07) is 0. The van der Waals surface area contributed by atoms with E-state index in [4.69, 9.17) is 5.41 Å². The van der Waals surface area contributed by atoms with Gasteiger partial charge in [-0.15, -0.1) is 0 Å². The molecule has 0 atom stereocenters. The molecule has 0 aromatic carbocycles. The smallest absolute Gasteiger partial charge is 0.0415 e. The summed E-state index contributed by atoms with van der Waals surface area (Å²) in [5.74, 6) is 0. The fraction of sp³-hybridized carbons (Fsp3) is 0.500. The Morgan fingerprint density at radius 3 is 2.10 bits per heavy atom. The van der Waals surface area contributed by atoms with Crippen molar-refractivity contribution < 1.29 is 0 Å². The minimum atomic E-state index is 0.586. The van der Waals surface area contributed by atoms with E-state index in [1.54, 1.807) is 13.1 Å². The lowest BCUT2D eigenvalue weighted by Gasteiger charge is -1.98. The molecular weight excluding hydrogens is 124 g/mol. The molecule has 1 N–H and O–H groups in total. The third-order valence-electron chi connectivity index (χ3n) is 1.43. The van der Waals surface area contributed by atoms with Crippen LogP contribution in [0.2, 0.25) is 0 Å². The van der Waals surface area contributed by atoms with Crippen LogP contribution in [0.3, 0.4) is 0 Å². The molecule has 0 saturated heterocycles. The van der Waals surface area contributed by atoms with Gasteiger partial charge in [-0.2, -0.15) is 0 Å². The van der Waals surface area contributed by atoms with Crippen LogP contribution in [-0.2, 0) is 0 Å². The monoisotopic (exact) mass is 138 g/mol. The van der Waals surface area contributed by atoms with Gasteiger partial charge >= 0.3 is 0 Å². The predicted octanol–water partition coefficient (Wildman–Crippen LogP) is 2.41. The summed E-state index contributed by atoms with van der Waals surface area (Å²) in [7, 11) is 0. The van der Waals surface area contributed by atoms with E-state index in [1.165, 1.54) is 0 Å². The average Bonchev–Trinajstić information content (AvgIpc) is 1.87. The molecule has 0 fully saturated rings. The lowest BCUT2D eigenvalue weighted by atomic mass is 10.2. The molecule has 2 nitrogen and oxygen atoms in total. The fourth-order valence-electron chi connectivity index (χ4n) is 0.562. The van der Waals surface area contributed by atoms with E-state index in [-0.39, 0.29) is 0 Å². The van der Waals surface area contributed by atoms with Gasteiger partial charge in [-0.3, -0.25) is 4.99 Å². The van der Waals surface area contributed by atoms with E-state index >= 15 is 0 Å². The molecule has 10 heavy (non-hydrogen) atoms.